The van der Waals surface area contributed by atoms with E-state index in [9.17, 15) is 4.79 Å². The van der Waals surface area contributed by atoms with E-state index < -0.39 is 0 Å². The molecule has 0 aromatic carbocycles. The minimum atomic E-state index is -0.194. The van der Waals surface area contributed by atoms with E-state index in [0.29, 0.717) is 17.7 Å². The molecule has 1 aliphatic heterocycles. The number of urea groups is 1. The number of nitrogens with two attached hydrogens (primary N) is 1. The highest BCUT2D eigenvalue weighted by Gasteiger charge is 2.64. The van der Waals surface area contributed by atoms with Crippen LogP contribution in [0.15, 0.2) is 4.99 Å². The lowest BCUT2D eigenvalue weighted by Gasteiger charge is -2.62. The van der Waals surface area contributed by atoms with Crippen molar-refractivity contribution in [1.82, 2.24) is 4.90 Å². The number of hydrogen-bond donors (Lipinski definition) is 1. The fourth-order valence-electron chi connectivity index (χ4n) is 5.82. The molecular weight excluding hydrogens is 238 g/mol. The quantitative estimate of drug-likeness (QED) is 0.829. The zero-order valence-corrected chi connectivity index (χ0v) is 11.6. The van der Waals surface area contributed by atoms with Crippen molar-refractivity contribution in [3.05, 3.63) is 0 Å². The van der Waals surface area contributed by atoms with Crippen LogP contribution in [0, 0.1) is 23.7 Å². The molecule has 0 unspecified atom stereocenters. The van der Waals surface area contributed by atoms with Gasteiger partial charge in [0.05, 0.1) is 0 Å². The molecule has 2 N–H and O–H groups in total. The minimum Gasteiger partial charge on any atom is -0.385 e. The lowest BCUT2D eigenvalue weighted by atomic mass is 9.48. The van der Waals surface area contributed by atoms with E-state index >= 15 is 0 Å². The molecule has 4 fully saturated rings. The number of carbonyl (C=O) groups excluding carboxylic acids is 1. The van der Waals surface area contributed by atoms with Crippen LogP contribution in [0.2, 0.25) is 0 Å². The van der Waals surface area contributed by atoms with Gasteiger partial charge in [0.2, 0.25) is 0 Å². The minimum absolute atomic E-state index is 0.0770. The molecule has 4 heteroatoms. The first-order valence-electron chi connectivity index (χ1n) is 7.82. The lowest BCUT2D eigenvalue weighted by Crippen LogP contribution is -2.69. The predicted molar refractivity (Wildman–Crippen MR) is 73.8 cm³/mol. The van der Waals surface area contributed by atoms with E-state index in [2.05, 4.69) is 11.9 Å². The Bertz CT molecular complexity index is 428. The van der Waals surface area contributed by atoms with E-state index in [1.54, 1.807) is 0 Å². The number of carbonyl (C=O) groups is 1. The second kappa shape index (κ2) is 3.74. The van der Waals surface area contributed by atoms with Gasteiger partial charge in [-0.2, -0.15) is 4.99 Å². The number of aliphatic imine (C=N–C) groups is 1. The van der Waals surface area contributed by atoms with Gasteiger partial charge in [0.1, 0.15) is 11.4 Å². The zero-order chi connectivity index (χ0) is 13.2. The van der Waals surface area contributed by atoms with Crippen LogP contribution in [0.4, 0.5) is 4.79 Å². The predicted octanol–water partition coefficient (Wildman–Crippen LogP) is 2.38. The molecule has 0 aromatic rings. The third-order valence-electron chi connectivity index (χ3n) is 6.13. The number of hydrogen-bond acceptors (Lipinski definition) is 2. The Kier molecular flexibility index (Phi) is 2.31. The Morgan fingerprint density at radius 3 is 2.32 bits per heavy atom. The van der Waals surface area contributed by atoms with Gasteiger partial charge in [0.15, 0.2) is 0 Å². The van der Waals surface area contributed by atoms with Gasteiger partial charge in [-0.1, -0.05) is 6.92 Å². The van der Waals surface area contributed by atoms with Crippen LogP contribution in [0.25, 0.3) is 0 Å². The van der Waals surface area contributed by atoms with Crippen molar-refractivity contribution in [2.75, 3.05) is 6.54 Å². The van der Waals surface area contributed by atoms with Crippen LogP contribution in [-0.2, 0) is 0 Å². The fraction of sp³-hybridized carbons (Fsp3) is 0.867. The summed E-state index contributed by atoms with van der Waals surface area (Å²) in [6.07, 6.45) is 7.45. The van der Waals surface area contributed by atoms with Crippen molar-refractivity contribution in [1.29, 1.82) is 0 Å². The van der Waals surface area contributed by atoms with E-state index in [0.717, 1.165) is 24.8 Å². The topological polar surface area (TPSA) is 58.7 Å². The molecule has 1 spiro atoms. The third-order valence-corrected chi connectivity index (χ3v) is 6.13. The second-order valence-corrected chi connectivity index (χ2v) is 7.06. The Labute approximate surface area is 114 Å². The molecule has 19 heavy (non-hydrogen) atoms. The summed E-state index contributed by atoms with van der Waals surface area (Å²) >= 11 is 0. The zero-order valence-electron chi connectivity index (χ0n) is 11.6. The monoisotopic (exact) mass is 261 g/mol. The van der Waals surface area contributed by atoms with Crippen LogP contribution < -0.4 is 5.73 Å². The molecule has 1 heterocycles. The number of nitrogens with zero attached hydrogens (tertiary/aromatic N) is 2. The molecule has 2 amide bonds. The molecule has 0 saturated heterocycles. The Morgan fingerprint density at radius 2 is 1.79 bits per heavy atom. The molecule has 4 bridgehead atoms. The van der Waals surface area contributed by atoms with Gasteiger partial charge < -0.3 is 10.6 Å². The van der Waals surface area contributed by atoms with Crippen molar-refractivity contribution in [2.24, 2.45) is 34.4 Å². The maximum atomic E-state index is 12.2. The molecule has 5 aliphatic rings. The van der Waals surface area contributed by atoms with Gasteiger partial charge >= 0.3 is 6.03 Å². The van der Waals surface area contributed by atoms with Crippen molar-refractivity contribution in [3.8, 4) is 0 Å². The van der Waals surface area contributed by atoms with E-state index in [1.165, 1.54) is 32.1 Å². The molecule has 4 saturated carbocycles. The molecule has 4 aliphatic carbocycles. The molecule has 0 atom stereocenters. The summed E-state index contributed by atoms with van der Waals surface area (Å²) in [4.78, 5) is 18.4. The maximum Gasteiger partial charge on any atom is 0.346 e. The average molecular weight is 261 g/mol. The number of amidine groups is 1. The highest BCUT2D eigenvalue weighted by Crippen LogP contribution is 2.61. The number of amides is 2. The van der Waals surface area contributed by atoms with Crippen molar-refractivity contribution in [3.63, 3.8) is 0 Å². The standard InChI is InChI=1S/C15H23N3O/c1-2-3-18-14(19)17-13(16)15(18)11-5-9-4-10(7-11)8-12(15)6-9/h9-12H,2-8H2,1H3,(H2,16,17,19). The molecule has 0 radical (unpaired) electrons. The second-order valence-electron chi connectivity index (χ2n) is 7.06. The molecular formula is C15H23N3O. The summed E-state index contributed by atoms with van der Waals surface area (Å²) in [5, 5.41) is 0. The number of rotatable bonds is 2. The first-order chi connectivity index (χ1) is 9.16. The highest BCUT2D eigenvalue weighted by molar-refractivity contribution is 6.06. The molecule has 0 aromatic heterocycles. The van der Waals surface area contributed by atoms with Gasteiger partial charge in [-0.3, -0.25) is 0 Å². The van der Waals surface area contributed by atoms with E-state index in [1.807, 2.05) is 4.90 Å². The largest absolute Gasteiger partial charge is 0.385 e. The van der Waals surface area contributed by atoms with E-state index in [4.69, 9.17) is 5.73 Å². The summed E-state index contributed by atoms with van der Waals surface area (Å²) in [5.74, 6) is 3.57. The van der Waals surface area contributed by atoms with Crippen molar-refractivity contribution >= 4 is 11.9 Å². The van der Waals surface area contributed by atoms with Crippen LogP contribution in [-0.4, -0.2) is 28.9 Å². The first-order valence-corrected chi connectivity index (χ1v) is 7.82. The smallest absolute Gasteiger partial charge is 0.346 e. The fourth-order valence-corrected chi connectivity index (χ4v) is 5.82. The van der Waals surface area contributed by atoms with Gasteiger partial charge in [-0.15, -0.1) is 0 Å². The van der Waals surface area contributed by atoms with Gasteiger partial charge in [0, 0.05) is 6.54 Å². The van der Waals surface area contributed by atoms with Crippen molar-refractivity contribution in [2.45, 2.75) is 51.0 Å². The normalized spacial score (nSPS) is 47.3. The summed E-state index contributed by atoms with van der Waals surface area (Å²) < 4.78 is 0. The average Bonchev–Trinajstić information content (AvgIpc) is 2.59. The third kappa shape index (κ3) is 1.30. The first kappa shape index (κ1) is 11.7. The summed E-state index contributed by atoms with van der Waals surface area (Å²) in [5.41, 5.74) is 6.10. The van der Waals surface area contributed by atoms with Gasteiger partial charge in [0.25, 0.3) is 0 Å². The molecule has 5 rings (SSSR count). The summed E-state index contributed by atoms with van der Waals surface area (Å²) in [7, 11) is 0. The summed E-state index contributed by atoms with van der Waals surface area (Å²) in [6.45, 7) is 2.94. The SMILES string of the molecule is CCCN1C(=O)N=C(N)C12C1CC3CC(C1)CC2C3. The van der Waals surface area contributed by atoms with Crippen LogP contribution >= 0.6 is 0 Å². The Hall–Kier alpha value is -1.06. The van der Waals surface area contributed by atoms with Crippen LogP contribution in [0.3, 0.4) is 0 Å². The van der Waals surface area contributed by atoms with Gasteiger partial charge in [-0.25, -0.2) is 4.79 Å². The summed E-state index contributed by atoms with van der Waals surface area (Å²) in [6, 6.07) is -0.0770. The van der Waals surface area contributed by atoms with Crippen LogP contribution in [0.5, 0.6) is 0 Å². The van der Waals surface area contributed by atoms with E-state index in [-0.39, 0.29) is 11.6 Å². The Balaban J connectivity index is 1.79. The highest BCUT2D eigenvalue weighted by atomic mass is 16.2. The van der Waals surface area contributed by atoms with Crippen molar-refractivity contribution < 1.29 is 4.79 Å². The lowest BCUT2D eigenvalue weighted by molar-refractivity contribution is -0.0777. The Morgan fingerprint density at radius 1 is 1.21 bits per heavy atom. The van der Waals surface area contributed by atoms with Gasteiger partial charge in [-0.05, 0) is 62.2 Å². The maximum absolute atomic E-state index is 12.2. The van der Waals surface area contributed by atoms with Crippen LogP contribution in [0.1, 0.15) is 45.4 Å². The molecule has 104 valence electrons. The molecule has 4 nitrogen and oxygen atoms in total.